The van der Waals surface area contributed by atoms with Crippen LogP contribution in [0.25, 0.3) is 22.7 Å². The average molecular weight is 361 g/mol. The SMILES string of the molecule is CCOC(=O)COc1ccccc1/C=C(\C#N)c1nc2ccc(C)cc2[nH]1. The van der Waals surface area contributed by atoms with Crippen molar-refractivity contribution in [3.8, 4) is 11.8 Å². The molecule has 0 amide bonds. The van der Waals surface area contributed by atoms with Crippen molar-refractivity contribution in [3.05, 3.63) is 59.4 Å². The lowest BCUT2D eigenvalue weighted by Gasteiger charge is -2.08. The van der Waals surface area contributed by atoms with Gasteiger partial charge >= 0.3 is 5.97 Å². The molecule has 1 heterocycles. The van der Waals surface area contributed by atoms with Crippen molar-refractivity contribution in [2.24, 2.45) is 0 Å². The van der Waals surface area contributed by atoms with Gasteiger partial charge in [-0.1, -0.05) is 24.3 Å². The number of nitriles is 1. The third kappa shape index (κ3) is 4.33. The summed E-state index contributed by atoms with van der Waals surface area (Å²) < 4.78 is 10.4. The van der Waals surface area contributed by atoms with Crippen LogP contribution in [0.4, 0.5) is 0 Å². The molecule has 2 aromatic carbocycles. The Morgan fingerprint density at radius 3 is 2.89 bits per heavy atom. The maximum absolute atomic E-state index is 11.5. The second-order valence-corrected chi connectivity index (χ2v) is 5.91. The summed E-state index contributed by atoms with van der Waals surface area (Å²) in [7, 11) is 0. The van der Waals surface area contributed by atoms with Gasteiger partial charge in [0, 0.05) is 5.56 Å². The summed E-state index contributed by atoms with van der Waals surface area (Å²) in [6, 6.07) is 15.2. The summed E-state index contributed by atoms with van der Waals surface area (Å²) in [5, 5.41) is 9.61. The van der Waals surface area contributed by atoms with Gasteiger partial charge in [0.15, 0.2) is 6.61 Å². The molecule has 1 aromatic heterocycles. The molecular weight excluding hydrogens is 342 g/mol. The minimum absolute atomic E-state index is 0.190. The Labute approximate surface area is 157 Å². The number of aromatic nitrogens is 2. The van der Waals surface area contributed by atoms with Crippen molar-refractivity contribution in [3.63, 3.8) is 0 Å². The number of allylic oxidation sites excluding steroid dienone is 1. The highest BCUT2D eigenvalue weighted by atomic mass is 16.6. The number of nitrogens with zero attached hydrogens (tertiary/aromatic N) is 2. The van der Waals surface area contributed by atoms with Gasteiger partial charge in [0.05, 0.1) is 23.2 Å². The largest absolute Gasteiger partial charge is 0.481 e. The van der Waals surface area contributed by atoms with E-state index in [0.29, 0.717) is 29.3 Å². The molecule has 0 unspecified atom stereocenters. The van der Waals surface area contributed by atoms with Gasteiger partial charge in [0.25, 0.3) is 0 Å². The first-order valence-electron chi connectivity index (χ1n) is 8.56. The van der Waals surface area contributed by atoms with Gasteiger partial charge < -0.3 is 14.5 Å². The molecule has 0 spiro atoms. The molecule has 0 saturated heterocycles. The topological polar surface area (TPSA) is 88.0 Å². The smallest absolute Gasteiger partial charge is 0.344 e. The lowest BCUT2D eigenvalue weighted by Crippen LogP contribution is -2.14. The molecule has 0 aliphatic heterocycles. The van der Waals surface area contributed by atoms with Crippen LogP contribution < -0.4 is 4.74 Å². The van der Waals surface area contributed by atoms with E-state index in [1.54, 1.807) is 25.1 Å². The number of hydrogen-bond acceptors (Lipinski definition) is 5. The molecule has 6 heteroatoms. The number of H-pyrrole nitrogens is 1. The molecule has 0 aliphatic rings. The first-order valence-corrected chi connectivity index (χ1v) is 8.56. The van der Waals surface area contributed by atoms with Crippen LogP contribution in [0, 0.1) is 18.3 Å². The van der Waals surface area contributed by atoms with E-state index in [9.17, 15) is 10.1 Å². The minimum atomic E-state index is -0.440. The second-order valence-electron chi connectivity index (χ2n) is 5.91. The van der Waals surface area contributed by atoms with E-state index in [1.807, 2.05) is 37.3 Å². The molecule has 0 fully saturated rings. The molecular formula is C21H19N3O3. The van der Waals surface area contributed by atoms with Crippen molar-refractivity contribution >= 4 is 28.7 Å². The highest BCUT2D eigenvalue weighted by molar-refractivity contribution is 5.91. The fraction of sp³-hybridized carbons (Fsp3) is 0.190. The average Bonchev–Trinajstić information content (AvgIpc) is 3.08. The third-order valence-corrected chi connectivity index (χ3v) is 3.88. The van der Waals surface area contributed by atoms with Crippen LogP contribution >= 0.6 is 0 Å². The van der Waals surface area contributed by atoms with Crippen LogP contribution in [0.15, 0.2) is 42.5 Å². The van der Waals surface area contributed by atoms with E-state index >= 15 is 0 Å². The van der Waals surface area contributed by atoms with Crippen molar-refractivity contribution in [1.29, 1.82) is 5.26 Å². The van der Waals surface area contributed by atoms with E-state index in [-0.39, 0.29) is 6.61 Å². The van der Waals surface area contributed by atoms with E-state index in [1.165, 1.54) is 0 Å². The molecule has 27 heavy (non-hydrogen) atoms. The quantitative estimate of drug-likeness (QED) is 0.532. The number of benzene rings is 2. The Bertz CT molecular complexity index is 1040. The summed E-state index contributed by atoms with van der Waals surface area (Å²) in [6.45, 7) is 3.85. The number of hydrogen-bond donors (Lipinski definition) is 1. The zero-order valence-electron chi connectivity index (χ0n) is 15.2. The molecule has 0 saturated carbocycles. The van der Waals surface area contributed by atoms with Crippen LogP contribution in [0.2, 0.25) is 0 Å². The fourth-order valence-corrected chi connectivity index (χ4v) is 2.63. The molecule has 1 N–H and O–H groups in total. The highest BCUT2D eigenvalue weighted by Gasteiger charge is 2.11. The van der Waals surface area contributed by atoms with Crippen LogP contribution in [0.3, 0.4) is 0 Å². The Balaban J connectivity index is 1.91. The second kappa shape index (κ2) is 8.19. The number of nitrogens with one attached hydrogen (secondary N) is 1. The predicted octanol–water partition coefficient (Wildman–Crippen LogP) is 3.88. The molecule has 0 aliphatic carbocycles. The molecule has 0 radical (unpaired) electrons. The number of para-hydroxylation sites is 1. The molecule has 0 atom stereocenters. The lowest BCUT2D eigenvalue weighted by atomic mass is 10.1. The van der Waals surface area contributed by atoms with Gasteiger partial charge in [-0.15, -0.1) is 0 Å². The first kappa shape index (κ1) is 18.2. The zero-order valence-corrected chi connectivity index (χ0v) is 15.2. The Morgan fingerprint density at radius 1 is 1.30 bits per heavy atom. The van der Waals surface area contributed by atoms with Crippen molar-refractivity contribution in [1.82, 2.24) is 9.97 Å². The molecule has 6 nitrogen and oxygen atoms in total. The number of aromatic amines is 1. The molecule has 0 bridgehead atoms. The summed E-state index contributed by atoms with van der Waals surface area (Å²) in [4.78, 5) is 19.2. The number of ether oxygens (including phenoxy) is 2. The molecule has 3 aromatic rings. The maximum Gasteiger partial charge on any atom is 0.344 e. The Hall–Kier alpha value is -3.59. The Kier molecular flexibility index (Phi) is 5.53. The van der Waals surface area contributed by atoms with E-state index in [0.717, 1.165) is 16.6 Å². The van der Waals surface area contributed by atoms with Crippen molar-refractivity contribution in [2.45, 2.75) is 13.8 Å². The zero-order chi connectivity index (χ0) is 19.2. The maximum atomic E-state index is 11.5. The van der Waals surface area contributed by atoms with Gasteiger partial charge in [-0.2, -0.15) is 5.26 Å². The van der Waals surface area contributed by atoms with Gasteiger partial charge in [0.2, 0.25) is 0 Å². The van der Waals surface area contributed by atoms with E-state index in [2.05, 4.69) is 16.0 Å². The number of aryl methyl sites for hydroxylation is 1. The van der Waals surface area contributed by atoms with Crippen molar-refractivity contribution < 1.29 is 14.3 Å². The van der Waals surface area contributed by atoms with Gasteiger partial charge in [-0.3, -0.25) is 0 Å². The summed E-state index contributed by atoms with van der Waals surface area (Å²) in [5.41, 5.74) is 3.82. The standard InChI is InChI=1S/C21H19N3O3/c1-3-26-20(25)13-27-19-7-5-4-6-15(19)11-16(12-22)21-23-17-9-8-14(2)10-18(17)24-21/h4-11H,3,13H2,1-2H3,(H,23,24)/b16-11+. The number of rotatable bonds is 6. The van der Waals surface area contributed by atoms with Crippen LogP contribution in [0.1, 0.15) is 23.9 Å². The first-order chi connectivity index (χ1) is 13.1. The fourth-order valence-electron chi connectivity index (χ4n) is 2.63. The lowest BCUT2D eigenvalue weighted by molar-refractivity contribution is -0.145. The summed E-state index contributed by atoms with van der Waals surface area (Å²) in [6.07, 6.45) is 1.69. The third-order valence-electron chi connectivity index (χ3n) is 3.88. The van der Waals surface area contributed by atoms with Gasteiger partial charge in [-0.05, 0) is 43.7 Å². The minimum Gasteiger partial charge on any atom is -0.481 e. The molecule has 136 valence electrons. The van der Waals surface area contributed by atoms with Crippen LogP contribution in [0.5, 0.6) is 5.75 Å². The predicted molar refractivity (Wildman–Crippen MR) is 103 cm³/mol. The normalized spacial score (nSPS) is 11.2. The Morgan fingerprint density at radius 2 is 2.11 bits per heavy atom. The number of carbonyl (C=O) groups is 1. The number of esters is 1. The van der Waals surface area contributed by atoms with Crippen LogP contribution in [-0.4, -0.2) is 29.2 Å². The van der Waals surface area contributed by atoms with Crippen LogP contribution in [-0.2, 0) is 9.53 Å². The van der Waals surface area contributed by atoms with Crippen molar-refractivity contribution in [2.75, 3.05) is 13.2 Å². The van der Waals surface area contributed by atoms with Gasteiger partial charge in [0.1, 0.15) is 17.6 Å². The monoisotopic (exact) mass is 361 g/mol. The van der Waals surface area contributed by atoms with Gasteiger partial charge in [-0.25, -0.2) is 9.78 Å². The number of fused-ring (bicyclic) bond motifs is 1. The number of imidazole rings is 1. The molecule has 3 rings (SSSR count). The number of carbonyl (C=O) groups excluding carboxylic acids is 1. The summed E-state index contributed by atoms with van der Waals surface area (Å²) >= 11 is 0. The highest BCUT2D eigenvalue weighted by Crippen LogP contribution is 2.25. The van der Waals surface area contributed by atoms with E-state index < -0.39 is 5.97 Å². The van der Waals surface area contributed by atoms with E-state index in [4.69, 9.17) is 9.47 Å². The summed E-state index contributed by atoms with van der Waals surface area (Å²) in [5.74, 6) is 0.535.